The lowest BCUT2D eigenvalue weighted by Gasteiger charge is -2.26. The number of hydrogen-bond acceptors (Lipinski definition) is 2. The van der Waals surface area contributed by atoms with Gasteiger partial charge in [-0.3, -0.25) is 4.79 Å². The summed E-state index contributed by atoms with van der Waals surface area (Å²) >= 11 is 0. The number of rotatable bonds is 1. The van der Waals surface area contributed by atoms with Crippen LogP contribution >= 0.6 is 0 Å². The fraction of sp³-hybridized carbons (Fsp3) is 0.118. The molecule has 0 saturated carbocycles. The average molecular weight is 248 g/mol. The molecule has 1 aliphatic carbocycles. The first-order chi connectivity index (χ1) is 9.23. The van der Waals surface area contributed by atoms with Crippen molar-refractivity contribution in [2.75, 3.05) is 0 Å². The highest BCUT2D eigenvalue weighted by Gasteiger charge is 2.32. The standard InChI is InChI=1S/C17H12O2/c18-10-17(19)9-8-13-5-4-11-2-1-3-12-6-7-14(17)16(13)15(11)12/h1-8,10,19H,9H2. The molecule has 2 nitrogen and oxygen atoms in total. The molecular weight excluding hydrogens is 236 g/mol. The second-order valence-electron chi connectivity index (χ2n) is 5.17. The van der Waals surface area contributed by atoms with Crippen LogP contribution in [-0.4, -0.2) is 11.4 Å². The van der Waals surface area contributed by atoms with E-state index in [1.54, 1.807) is 0 Å². The lowest BCUT2D eigenvalue weighted by molar-refractivity contribution is -0.124. The zero-order valence-electron chi connectivity index (χ0n) is 10.3. The van der Waals surface area contributed by atoms with Crippen LogP contribution in [0.4, 0.5) is 0 Å². The van der Waals surface area contributed by atoms with Crippen LogP contribution in [0.5, 0.6) is 0 Å². The van der Waals surface area contributed by atoms with Gasteiger partial charge in [-0.1, -0.05) is 48.5 Å². The van der Waals surface area contributed by atoms with E-state index in [1.807, 2.05) is 24.3 Å². The van der Waals surface area contributed by atoms with Gasteiger partial charge in [-0.15, -0.1) is 0 Å². The van der Waals surface area contributed by atoms with Gasteiger partial charge in [0.25, 0.3) is 0 Å². The summed E-state index contributed by atoms with van der Waals surface area (Å²) < 4.78 is 0. The van der Waals surface area contributed by atoms with E-state index >= 15 is 0 Å². The Hall–Kier alpha value is -2.19. The molecule has 0 amide bonds. The first-order valence-electron chi connectivity index (χ1n) is 6.36. The predicted molar refractivity (Wildman–Crippen MR) is 75.7 cm³/mol. The van der Waals surface area contributed by atoms with E-state index in [9.17, 15) is 9.90 Å². The number of benzene rings is 3. The van der Waals surface area contributed by atoms with Crippen molar-refractivity contribution in [3.05, 3.63) is 53.2 Å². The molecule has 1 atom stereocenters. The van der Waals surface area contributed by atoms with E-state index in [-0.39, 0.29) is 0 Å². The number of carbonyl (C=O) groups is 1. The van der Waals surface area contributed by atoms with Crippen LogP contribution in [0.25, 0.3) is 27.6 Å². The summed E-state index contributed by atoms with van der Waals surface area (Å²) in [7, 11) is 0. The molecule has 0 saturated heterocycles. The lowest BCUT2D eigenvalue weighted by Crippen LogP contribution is -2.32. The van der Waals surface area contributed by atoms with Gasteiger partial charge < -0.3 is 5.11 Å². The van der Waals surface area contributed by atoms with Gasteiger partial charge in [0.2, 0.25) is 0 Å². The molecule has 0 spiro atoms. The fourth-order valence-electron chi connectivity index (χ4n) is 3.13. The second kappa shape index (κ2) is 3.43. The van der Waals surface area contributed by atoms with Crippen molar-refractivity contribution in [1.82, 2.24) is 0 Å². The maximum atomic E-state index is 11.3. The van der Waals surface area contributed by atoms with Crippen LogP contribution in [0.3, 0.4) is 0 Å². The minimum Gasteiger partial charge on any atom is -0.377 e. The van der Waals surface area contributed by atoms with Crippen molar-refractivity contribution in [1.29, 1.82) is 0 Å². The molecule has 0 aromatic heterocycles. The van der Waals surface area contributed by atoms with Gasteiger partial charge in [-0.2, -0.15) is 0 Å². The summed E-state index contributed by atoms with van der Waals surface area (Å²) in [5, 5.41) is 16.0. The van der Waals surface area contributed by atoms with Crippen LogP contribution < -0.4 is 5.22 Å². The highest BCUT2D eigenvalue weighted by Crippen LogP contribution is 2.35. The SMILES string of the molecule is O=CC1(O)CC=c2ccc3cccc4ccc1c2c43. The molecule has 19 heavy (non-hydrogen) atoms. The largest absolute Gasteiger partial charge is 0.377 e. The molecule has 1 N–H and O–H groups in total. The third kappa shape index (κ3) is 1.27. The maximum Gasteiger partial charge on any atom is 0.156 e. The Morgan fingerprint density at radius 2 is 1.74 bits per heavy atom. The van der Waals surface area contributed by atoms with Gasteiger partial charge in [-0.25, -0.2) is 0 Å². The van der Waals surface area contributed by atoms with E-state index in [4.69, 9.17) is 0 Å². The topological polar surface area (TPSA) is 37.3 Å². The Labute approximate surface area is 110 Å². The Morgan fingerprint density at radius 1 is 1.00 bits per heavy atom. The van der Waals surface area contributed by atoms with Crippen molar-refractivity contribution in [3.63, 3.8) is 0 Å². The van der Waals surface area contributed by atoms with Crippen LogP contribution in [0.1, 0.15) is 12.0 Å². The van der Waals surface area contributed by atoms with Crippen LogP contribution in [-0.2, 0) is 10.4 Å². The van der Waals surface area contributed by atoms with Gasteiger partial charge in [0, 0.05) is 6.42 Å². The molecule has 3 aromatic rings. The van der Waals surface area contributed by atoms with Gasteiger partial charge in [-0.05, 0) is 32.3 Å². The number of aldehydes is 1. The zero-order chi connectivity index (χ0) is 13.0. The molecule has 92 valence electrons. The molecule has 0 heterocycles. The first-order valence-corrected chi connectivity index (χ1v) is 6.36. The van der Waals surface area contributed by atoms with E-state index < -0.39 is 5.60 Å². The number of hydrogen-bond donors (Lipinski definition) is 1. The number of aliphatic hydroxyl groups is 1. The Balaban J connectivity index is 2.33. The van der Waals surface area contributed by atoms with Crippen LogP contribution in [0.2, 0.25) is 0 Å². The molecule has 0 aliphatic heterocycles. The number of carbonyl (C=O) groups excluding carboxylic acids is 1. The third-order valence-electron chi connectivity index (χ3n) is 4.10. The van der Waals surface area contributed by atoms with E-state index in [2.05, 4.69) is 24.3 Å². The summed E-state index contributed by atoms with van der Waals surface area (Å²) in [5.74, 6) is 0. The van der Waals surface area contributed by atoms with E-state index in [0.29, 0.717) is 12.7 Å². The zero-order valence-corrected chi connectivity index (χ0v) is 10.3. The summed E-state index contributed by atoms with van der Waals surface area (Å²) in [5.41, 5.74) is -0.657. The normalized spacial score (nSPS) is 21.5. The van der Waals surface area contributed by atoms with Crippen molar-refractivity contribution in [2.24, 2.45) is 0 Å². The molecule has 3 aromatic carbocycles. The van der Waals surface area contributed by atoms with Gasteiger partial charge in [0.1, 0.15) is 5.60 Å². The molecule has 0 radical (unpaired) electrons. The minimum atomic E-state index is -1.38. The summed E-state index contributed by atoms with van der Waals surface area (Å²) in [6.07, 6.45) is 2.94. The van der Waals surface area contributed by atoms with E-state index in [0.717, 1.165) is 32.3 Å². The van der Waals surface area contributed by atoms with Crippen molar-refractivity contribution in [2.45, 2.75) is 12.0 Å². The third-order valence-corrected chi connectivity index (χ3v) is 4.10. The van der Waals surface area contributed by atoms with Gasteiger partial charge in [0.05, 0.1) is 0 Å². The highest BCUT2D eigenvalue weighted by molar-refractivity contribution is 6.12. The molecule has 2 heteroatoms. The minimum absolute atomic E-state index is 0.344. The van der Waals surface area contributed by atoms with Crippen LogP contribution in [0, 0.1) is 0 Å². The van der Waals surface area contributed by atoms with Gasteiger partial charge in [0.15, 0.2) is 6.29 Å². The highest BCUT2D eigenvalue weighted by atomic mass is 16.3. The first kappa shape index (κ1) is 10.7. The predicted octanol–water partition coefficient (Wildman–Crippen LogP) is 2.28. The van der Waals surface area contributed by atoms with E-state index in [1.165, 1.54) is 0 Å². The Kier molecular flexibility index (Phi) is 1.93. The molecule has 0 fully saturated rings. The fourth-order valence-corrected chi connectivity index (χ4v) is 3.13. The van der Waals surface area contributed by atoms with Gasteiger partial charge >= 0.3 is 0 Å². The maximum absolute atomic E-state index is 11.3. The van der Waals surface area contributed by atoms with Crippen molar-refractivity contribution < 1.29 is 9.90 Å². The monoisotopic (exact) mass is 248 g/mol. The molecule has 0 bridgehead atoms. The summed E-state index contributed by atoms with van der Waals surface area (Å²) in [6.45, 7) is 0. The smallest absolute Gasteiger partial charge is 0.156 e. The van der Waals surface area contributed by atoms with Crippen molar-refractivity contribution in [3.8, 4) is 0 Å². The molecule has 1 aliphatic rings. The quantitative estimate of drug-likeness (QED) is 0.671. The lowest BCUT2D eigenvalue weighted by atomic mass is 9.81. The molecule has 4 rings (SSSR count). The van der Waals surface area contributed by atoms with Crippen molar-refractivity contribution >= 4 is 33.9 Å². The second-order valence-corrected chi connectivity index (χ2v) is 5.17. The molecule has 1 unspecified atom stereocenters. The molecular formula is C17H12O2. The average Bonchev–Trinajstić information content (AvgIpc) is 2.47. The van der Waals surface area contributed by atoms with Crippen LogP contribution in [0.15, 0.2) is 42.5 Å². The Morgan fingerprint density at radius 3 is 2.47 bits per heavy atom. The summed E-state index contributed by atoms with van der Waals surface area (Å²) in [4.78, 5) is 11.3. The Bertz CT molecular complexity index is 863. The summed E-state index contributed by atoms with van der Waals surface area (Å²) in [6, 6.07) is 14.2.